The first-order valence-electron chi connectivity index (χ1n) is 7.67. The number of fused-ring (bicyclic) bond motifs is 1. The van der Waals surface area contributed by atoms with E-state index >= 15 is 0 Å². The normalized spacial score (nSPS) is 10.8. The summed E-state index contributed by atoms with van der Waals surface area (Å²) in [6.45, 7) is 1.07. The summed E-state index contributed by atoms with van der Waals surface area (Å²) in [5.74, 6) is -3.26. The molecular weight excluding hydrogens is 366 g/mol. The average Bonchev–Trinajstić information content (AvgIpc) is 3.06. The molecule has 0 aliphatic rings. The number of rotatable bonds is 5. The molecule has 11 heteroatoms. The zero-order valence-corrected chi connectivity index (χ0v) is 13.9. The summed E-state index contributed by atoms with van der Waals surface area (Å²) in [5, 5.41) is 5.37. The van der Waals surface area contributed by atoms with Gasteiger partial charge in [-0.1, -0.05) is 5.16 Å². The van der Waals surface area contributed by atoms with E-state index in [1.165, 1.54) is 0 Å². The Morgan fingerprint density at radius 1 is 1.33 bits per heavy atom. The molecular formula is C16H12F2N4O5. The van der Waals surface area contributed by atoms with Crippen molar-refractivity contribution in [3.8, 4) is 0 Å². The molecule has 0 unspecified atom stereocenters. The van der Waals surface area contributed by atoms with E-state index in [9.17, 15) is 23.2 Å². The molecule has 0 radical (unpaired) electrons. The number of hydrogen-bond acceptors (Lipinski definition) is 7. The van der Waals surface area contributed by atoms with Gasteiger partial charge in [-0.3, -0.25) is 14.2 Å². The number of ether oxygens (including phenoxy) is 1. The minimum absolute atomic E-state index is 0.0588. The lowest BCUT2D eigenvalue weighted by Gasteiger charge is -2.08. The second-order valence-electron chi connectivity index (χ2n) is 5.28. The number of esters is 1. The van der Waals surface area contributed by atoms with E-state index in [0.29, 0.717) is 0 Å². The number of hydrogen-bond donors (Lipinski definition) is 1. The average molecular weight is 378 g/mol. The lowest BCUT2D eigenvalue weighted by atomic mass is 10.3. The fraction of sp³-hybridized carbons (Fsp3) is 0.188. The van der Waals surface area contributed by atoms with Crippen LogP contribution in [0.5, 0.6) is 0 Å². The number of aromatic nitrogens is 3. The molecule has 1 N–H and O–H groups in total. The minimum atomic E-state index is -0.876. The number of nitrogens with zero attached hydrogens (tertiary/aromatic N) is 3. The molecule has 0 fully saturated rings. The van der Waals surface area contributed by atoms with E-state index in [-0.39, 0.29) is 29.1 Å². The minimum Gasteiger partial charge on any atom is -0.461 e. The summed E-state index contributed by atoms with van der Waals surface area (Å²) >= 11 is 0. The number of carbonyl (C=O) groups excluding carboxylic acids is 2. The maximum absolute atomic E-state index is 13.6. The maximum Gasteiger partial charge on any atom is 0.361 e. The van der Waals surface area contributed by atoms with Crippen LogP contribution in [0, 0.1) is 11.6 Å². The molecule has 1 aromatic carbocycles. The number of anilines is 1. The van der Waals surface area contributed by atoms with Gasteiger partial charge in [0.25, 0.3) is 11.3 Å². The molecule has 0 saturated heterocycles. The van der Waals surface area contributed by atoms with Gasteiger partial charge in [-0.25, -0.2) is 18.6 Å². The lowest BCUT2D eigenvalue weighted by Crippen LogP contribution is -2.28. The predicted molar refractivity (Wildman–Crippen MR) is 87.0 cm³/mol. The third-order valence-corrected chi connectivity index (χ3v) is 3.45. The molecule has 1 amide bonds. The smallest absolute Gasteiger partial charge is 0.361 e. The zero-order chi connectivity index (χ0) is 19.6. The molecule has 0 spiro atoms. The Kier molecular flexibility index (Phi) is 4.92. The van der Waals surface area contributed by atoms with Crippen LogP contribution in [0.15, 0.2) is 33.8 Å². The molecule has 2 heterocycles. The molecule has 3 rings (SSSR count). The van der Waals surface area contributed by atoms with Crippen LogP contribution in [0.3, 0.4) is 0 Å². The number of carbonyl (C=O) groups is 2. The quantitative estimate of drug-likeness (QED) is 0.669. The van der Waals surface area contributed by atoms with E-state index in [1.807, 2.05) is 0 Å². The molecule has 9 nitrogen and oxygen atoms in total. The molecule has 0 atom stereocenters. The molecule has 0 aliphatic heterocycles. The van der Waals surface area contributed by atoms with E-state index in [0.717, 1.165) is 29.1 Å². The van der Waals surface area contributed by atoms with E-state index < -0.39 is 35.6 Å². The molecule has 0 saturated carbocycles. The van der Waals surface area contributed by atoms with Crippen LogP contribution in [-0.2, 0) is 16.1 Å². The monoisotopic (exact) mass is 378 g/mol. The number of nitrogens with one attached hydrogen (secondary N) is 1. The standard InChI is InChI=1S/C16H12F2N4O5/c1-2-26-16(25)13-12-14(27-21-13)19-7-22(15(12)24)6-11(23)20-10-5-8(17)3-4-9(10)18/h3-5,7H,2,6H2,1H3,(H,20,23). The largest absolute Gasteiger partial charge is 0.461 e. The highest BCUT2D eigenvalue weighted by Crippen LogP contribution is 2.16. The van der Waals surface area contributed by atoms with Gasteiger partial charge in [0.05, 0.1) is 12.3 Å². The Bertz CT molecular complexity index is 1090. The van der Waals surface area contributed by atoms with E-state index in [2.05, 4.69) is 15.5 Å². The van der Waals surface area contributed by atoms with Crippen molar-refractivity contribution < 1.29 is 27.6 Å². The van der Waals surface area contributed by atoms with Crippen molar-refractivity contribution in [3.63, 3.8) is 0 Å². The van der Waals surface area contributed by atoms with E-state index in [1.54, 1.807) is 6.92 Å². The first-order valence-corrected chi connectivity index (χ1v) is 7.67. The third kappa shape index (κ3) is 3.66. The van der Waals surface area contributed by atoms with Gasteiger partial charge in [-0.05, 0) is 19.1 Å². The van der Waals surface area contributed by atoms with Gasteiger partial charge in [0, 0.05) is 6.07 Å². The van der Waals surface area contributed by atoms with Gasteiger partial charge in [0.1, 0.15) is 29.9 Å². The molecule has 2 aromatic heterocycles. The van der Waals surface area contributed by atoms with Crippen molar-refractivity contribution in [1.82, 2.24) is 14.7 Å². The first-order chi connectivity index (χ1) is 12.9. The molecule has 3 aromatic rings. The van der Waals surface area contributed by atoms with Crippen LogP contribution in [-0.4, -0.2) is 33.2 Å². The molecule has 27 heavy (non-hydrogen) atoms. The third-order valence-electron chi connectivity index (χ3n) is 3.45. The Balaban J connectivity index is 1.88. The number of halogens is 2. The number of amides is 1. The van der Waals surface area contributed by atoms with Crippen molar-refractivity contribution in [2.45, 2.75) is 13.5 Å². The second-order valence-corrected chi connectivity index (χ2v) is 5.28. The van der Waals surface area contributed by atoms with Crippen molar-refractivity contribution in [1.29, 1.82) is 0 Å². The summed E-state index contributed by atoms with van der Waals surface area (Å²) in [6.07, 6.45) is 1.01. The van der Waals surface area contributed by atoms with Gasteiger partial charge in [0.2, 0.25) is 11.6 Å². The fourth-order valence-electron chi connectivity index (χ4n) is 2.27. The Hall–Kier alpha value is -3.63. The first kappa shape index (κ1) is 18.2. The maximum atomic E-state index is 13.6. The van der Waals surface area contributed by atoms with Crippen LogP contribution in [0.2, 0.25) is 0 Å². The lowest BCUT2D eigenvalue weighted by molar-refractivity contribution is -0.116. The van der Waals surface area contributed by atoms with Crippen molar-refractivity contribution >= 4 is 28.7 Å². The molecule has 0 bridgehead atoms. The van der Waals surface area contributed by atoms with Crippen LogP contribution in [0.1, 0.15) is 17.4 Å². The highest BCUT2D eigenvalue weighted by molar-refractivity contribution is 5.99. The molecule has 140 valence electrons. The van der Waals surface area contributed by atoms with Crippen molar-refractivity contribution in [2.75, 3.05) is 11.9 Å². The topological polar surface area (TPSA) is 116 Å². The Morgan fingerprint density at radius 2 is 2.11 bits per heavy atom. The summed E-state index contributed by atoms with van der Waals surface area (Å²) < 4.78 is 37.2. The zero-order valence-electron chi connectivity index (χ0n) is 13.9. The summed E-state index contributed by atoms with van der Waals surface area (Å²) in [5.41, 5.74) is -1.72. The van der Waals surface area contributed by atoms with Gasteiger partial charge >= 0.3 is 5.97 Å². The summed E-state index contributed by atoms with van der Waals surface area (Å²) in [7, 11) is 0. The van der Waals surface area contributed by atoms with Crippen molar-refractivity contribution in [3.05, 3.63) is 52.2 Å². The predicted octanol–water partition coefficient (Wildman–Crippen LogP) is 1.48. The fourth-order valence-corrected chi connectivity index (χ4v) is 2.27. The van der Waals surface area contributed by atoms with Gasteiger partial charge in [-0.15, -0.1) is 0 Å². The number of benzene rings is 1. The summed E-state index contributed by atoms with van der Waals surface area (Å²) in [4.78, 5) is 40.3. The second kappa shape index (κ2) is 7.32. The Labute approximate surface area is 149 Å². The van der Waals surface area contributed by atoms with Crippen LogP contribution in [0.25, 0.3) is 11.1 Å². The van der Waals surface area contributed by atoms with Gasteiger partial charge < -0.3 is 14.6 Å². The van der Waals surface area contributed by atoms with Gasteiger partial charge in [-0.2, -0.15) is 0 Å². The van der Waals surface area contributed by atoms with Crippen molar-refractivity contribution in [2.24, 2.45) is 0 Å². The van der Waals surface area contributed by atoms with Crippen LogP contribution in [0.4, 0.5) is 14.5 Å². The molecule has 0 aliphatic carbocycles. The highest BCUT2D eigenvalue weighted by Gasteiger charge is 2.23. The Morgan fingerprint density at radius 3 is 2.85 bits per heavy atom. The highest BCUT2D eigenvalue weighted by atomic mass is 19.1. The van der Waals surface area contributed by atoms with Gasteiger partial charge in [0.15, 0.2) is 0 Å². The SMILES string of the molecule is CCOC(=O)c1noc2ncn(CC(=O)Nc3cc(F)ccc3F)c(=O)c12. The van der Waals surface area contributed by atoms with Crippen LogP contribution < -0.4 is 10.9 Å². The van der Waals surface area contributed by atoms with Crippen LogP contribution >= 0.6 is 0 Å². The van der Waals surface area contributed by atoms with E-state index in [4.69, 9.17) is 9.26 Å². The summed E-state index contributed by atoms with van der Waals surface area (Å²) in [6, 6.07) is 2.56.